The molecular formula is C21H18F2N2OS. The average Bonchev–Trinajstić information content (AvgIpc) is 3.19. The standard InChI is InChI=1S/C21H18F2N2OS/c22-16-3-1-15(2-4-16)19-9-10-20(27-19)21(26)25-13-11-24(12-14-25)18-7-5-17(23)6-8-18/h1-10H,11-14H2. The van der Waals surface area contributed by atoms with E-state index < -0.39 is 0 Å². The van der Waals surface area contributed by atoms with Crippen LogP contribution in [0.15, 0.2) is 60.7 Å². The summed E-state index contributed by atoms with van der Waals surface area (Å²) in [4.78, 5) is 18.4. The van der Waals surface area contributed by atoms with E-state index in [4.69, 9.17) is 0 Å². The molecule has 1 saturated heterocycles. The second-order valence-electron chi connectivity index (χ2n) is 6.43. The zero-order valence-corrected chi connectivity index (χ0v) is 15.4. The minimum absolute atomic E-state index is 0.0205. The Labute approximate surface area is 160 Å². The van der Waals surface area contributed by atoms with Crippen LogP contribution in [0.3, 0.4) is 0 Å². The summed E-state index contributed by atoms with van der Waals surface area (Å²) in [7, 11) is 0. The van der Waals surface area contributed by atoms with Gasteiger partial charge in [-0.2, -0.15) is 0 Å². The highest BCUT2D eigenvalue weighted by Gasteiger charge is 2.23. The molecule has 0 radical (unpaired) electrons. The fourth-order valence-electron chi connectivity index (χ4n) is 3.20. The van der Waals surface area contributed by atoms with E-state index in [1.807, 2.05) is 17.0 Å². The minimum atomic E-state index is -0.273. The number of rotatable bonds is 3. The van der Waals surface area contributed by atoms with Crippen molar-refractivity contribution in [2.45, 2.75) is 0 Å². The van der Waals surface area contributed by atoms with Gasteiger partial charge in [0.1, 0.15) is 11.6 Å². The Morgan fingerprint density at radius 1 is 0.778 bits per heavy atom. The van der Waals surface area contributed by atoms with Gasteiger partial charge in [0.25, 0.3) is 5.91 Å². The summed E-state index contributed by atoms with van der Waals surface area (Å²) in [6, 6.07) is 16.5. The van der Waals surface area contributed by atoms with E-state index in [2.05, 4.69) is 4.90 Å². The number of carbonyl (C=O) groups excluding carboxylic acids is 1. The van der Waals surface area contributed by atoms with Gasteiger partial charge in [-0.1, -0.05) is 12.1 Å². The number of benzene rings is 2. The largest absolute Gasteiger partial charge is 0.368 e. The van der Waals surface area contributed by atoms with Crippen molar-refractivity contribution in [3.63, 3.8) is 0 Å². The average molecular weight is 384 g/mol. The Morgan fingerprint density at radius 2 is 1.37 bits per heavy atom. The summed E-state index contributed by atoms with van der Waals surface area (Å²) in [5, 5.41) is 0. The first-order chi connectivity index (χ1) is 13.1. The molecule has 0 spiro atoms. The minimum Gasteiger partial charge on any atom is -0.368 e. The third-order valence-corrected chi connectivity index (χ3v) is 5.83. The monoisotopic (exact) mass is 384 g/mol. The highest BCUT2D eigenvalue weighted by Crippen LogP contribution is 2.29. The predicted octanol–water partition coefficient (Wildman–Crippen LogP) is 4.66. The molecule has 0 unspecified atom stereocenters. The van der Waals surface area contributed by atoms with Crippen LogP contribution in [0.25, 0.3) is 10.4 Å². The number of thiophene rings is 1. The Hall–Kier alpha value is -2.73. The van der Waals surface area contributed by atoms with Crippen LogP contribution in [0.4, 0.5) is 14.5 Å². The van der Waals surface area contributed by atoms with Crippen LogP contribution in [0.2, 0.25) is 0 Å². The second-order valence-corrected chi connectivity index (χ2v) is 7.51. The molecule has 3 nitrogen and oxygen atoms in total. The summed E-state index contributed by atoms with van der Waals surface area (Å²) in [6.07, 6.45) is 0. The summed E-state index contributed by atoms with van der Waals surface area (Å²) in [5.74, 6) is -0.500. The first-order valence-electron chi connectivity index (χ1n) is 8.76. The van der Waals surface area contributed by atoms with Gasteiger partial charge in [0.05, 0.1) is 4.88 Å². The highest BCUT2D eigenvalue weighted by atomic mass is 32.1. The van der Waals surface area contributed by atoms with E-state index in [0.29, 0.717) is 31.1 Å². The number of nitrogens with zero attached hydrogens (tertiary/aromatic N) is 2. The molecule has 6 heteroatoms. The smallest absolute Gasteiger partial charge is 0.264 e. The highest BCUT2D eigenvalue weighted by molar-refractivity contribution is 7.17. The lowest BCUT2D eigenvalue weighted by Crippen LogP contribution is -2.48. The summed E-state index contributed by atoms with van der Waals surface area (Å²) in [6.45, 7) is 2.68. The molecule has 27 heavy (non-hydrogen) atoms. The van der Waals surface area contributed by atoms with Crippen molar-refractivity contribution in [1.29, 1.82) is 0 Å². The van der Waals surface area contributed by atoms with Crippen molar-refractivity contribution in [1.82, 2.24) is 4.90 Å². The molecule has 0 aliphatic carbocycles. The van der Waals surface area contributed by atoms with E-state index in [0.717, 1.165) is 16.1 Å². The number of anilines is 1. The van der Waals surface area contributed by atoms with Gasteiger partial charge in [-0.15, -0.1) is 11.3 Å². The van der Waals surface area contributed by atoms with Crippen molar-refractivity contribution < 1.29 is 13.6 Å². The van der Waals surface area contributed by atoms with Gasteiger partial charge in [0.2, 0.25) is 0 Å². The van der Waals surface area contributed by atoms with Crippen LogP contribution in [0.1, 0.15) is 9.67 Å². The van der Waals surface area contributed by atoms with Crippen LogP contribution in [0, 0.1) is 11.6 Å². The van der Waals surface area contributed by atoms with E-state index in [-0.39, 0.29) is 17.5 Å². The third-order valence-electron chi connectivity index (χ3n) is 4.70. The maximum absolute atomic E-state index is 13.1. The lowest BCUT2D eigenvalue weighted by molar-refractivity contribution is 0.0751. The molecule has 4 rings (SSSR count). The number of carbonyl (C=O) groups is 1. The van der Waals surface area contributed by atoms with Crippen LogP contribution in [0.5, 0.6) is 0 Å². The topological polar surface area (TPSA) is 23.6 Å². The molecule has 1 aromatic heterocycles. The molecule has 2 aromatic carbocycles. The predicted molar refractivity (Wildman–Crippen MR) is 104 cm³/mol. The van der Waals surface area contributed by atoms with E-state index in [1.165, 1.54) is 35.6 Å². The summed E-state index contributed by atoms with van der Waals surface area (Å²) < 4.78 is 26.1. The van der Waals surface area contributed by atoms with Gasteiger partial charge in [0.15, 0.2) is 0 Å². The zero-order valence-electron chi connectivity index (χ0n) is 14.6. The SMILES string of the molecule is O=C(c1ccc(-c2ccc(F)cc2)s1)N1CCN(c2ccc(F)cc2)CC1. The van der Waals surface area contributed by atoms with Crippen LogP contribution < -0.4 is 4.90 Å². The molecule has 1 amide bonds. The molecule has 0 bridgehead atoms. The van der Waals surface area contributed by atoms with Gasteiger partial charge in [-0.05, 0) is 54.1 Å². The quantitative estimate of drug-likeness (QED) is 0.656. The second kappa shape index (κ2) is 7.48. The Kier molecular flexibility index (Phi) is 4.90. The Balaban J connectivity index is 1.41. The molecule has 3 aromatic rings. The molecule has 2 heterocycles. The number of piperazine rings is 1. The molecule has 1 fully saturated rings. The Bertz CT molecular complexity index is 930. The molecule has 0 N–H and O–H groups in total. The first-order valence-corrected chi connectivity index (χ1v) is 9.57. The van der Waals surface area contributed by atoms with Crippen molar-refractivity contribution in [2.75, 3.05) is 31.1 Å². The van der Waals surface area contributed by atoms with Crippen molar-refractivity contribution in [2.24, 2.45) is 0 Å². The third kappa shape index (κ3) is 3.85. The van der Waals surface area contributed by atoms with Gasteiger partial charge in [-0.25, -0.2) is 8.78 Å². The maximum Gasteiger partial charge on any atom is 0.264 e. The normalized spacial score (nSPS) is 14.4. The van der Waals surface area contributed by atoms with Gasteiger partial charge < -0.3 is 9.80 Å². The molecule has 1 aliphatic heterocycles. The molecule has 1 aliphatic rings. The van der Waals surface area contributed by atoms with Crippen molar-refractivity contribution in [3.05, 3.63) is 77.2 Å². The van der Waals surface area contributed by atoms with Crippen LogP contribution in [-0.2, 0) is 0 Å². The van der Waals surface area contributed by atoms with Crippen LogP contribution >= 0.6 is 11.3 Å². The van der Waals surface area contributed by atoms with Crippen molar-refractivity contribution >= 4 is 22.9 Å². The number of halogens is 2. The lowest BCUT2D eigenvalue weighted by Gasteiger charge is -2.36. The molecule has 0 atom stereocenters. The van der Waals surface area contributed by atoms with Gasteiger partial charge in [0, 0.05) is 36.7 Å². The molecule has 0 saturated carbocycles. The van der Waals surface area contributed by atoms with Crippen molar-refractivity contribution in [3.8, 4) is 10.4 Å². The van der Waals surface area contributed by atoms with E-state index in [9.17, 15) is 13.6 Å². The van der Waals surface area contributed by atoms with Gasteiger partial charge in [-0.3, -0.25) is 4.79 Å². The lowest BCUT2D eigenvalue weighted by atomic mass is 10.2. The molecular weight excluding hydrogens is 366 g/mol. The zero-order chi connectivity index (χ0) is 18.8. The van der Waals surface area contributed by atoms with E-state index >= 15 is 0 Å². The maximum atomic E-state index is 13.1. The summed E-state index contributed by atoms with van der Waals surface area (Å²) in [5.41, 5.74) is 1.87. The van der Waals surface area contributed by atoms with Gasteiger partial charge >= 0.3 is 0 Å². The number of amides is 1. The number of hydrogen-bond donors (Lipinski definition) is 0. The fourth-order valence-corrected chi connectivity index (χ4v) is 4.18. The summed E-state index contributed by atoms with van der Waals surface area (Å²) >= 11 is 1.42. The Morgan fingerprint density at radius 3 is 2.00 bits per heavy atom. The fraction of sp³-hybridized carbons (Fsp3) is 0.190. The first kappa shape index (κ1) is 17.7. The number of hydrogen-bond acceptors (Lipinski definition) is 3. The molecule has 138 valence electrons. The van der Waals surface area contributed by atoms with E-state index in [1.54, 1.807) is 24.3 Å². The van der Waals surface area contributed by atoms with Crippen LogP contribution in [-0.4, -0.2) is 37.0 Å².